The number of benzene rings is 1. The van der Waals surface area contributed by atoms with E-state index in [-0.39, 0.29) is 11.7 Å². The van der Waals surface area contributed by atoms with E-state index < -0.39 is 0 Å². The Labute approximate surface area is 88.5 Å². The first-order chi connectivity index (χ1) is 6.57. The SMILES string of the molecule is Cc1ccc(Cl)c(O)c1C(C)CC=O. The van der Waals surface area contributed by atoms with Crippen LogP contribution in [-0.2, 0) is 4.79 Å². The number of phenolic OH excluding ortho intramolecular Hbond substituents is 1. The smallest absolute Gasteiger partial charge is 0.137 e. The van der Waals surface area contributed by atoms with E-state index in [1.807, 2.05) is 19.9 Å². The standard InChI is InChI=1S/C11H13ClO2/c1-7-3-4-9(12)11(14)10(7)8(2)5-6-13/h3-4,6,8,14H,5H2,1-2H3. The number of carbonyl (C=O) groups excluding carboxylic acids is 1. The van der Waals surface area contributed by atoms with Crippen LogP contribution in [0.5, 0.6) is 5.75 Å². The van der Waals surface area contributed by atoms with Gasteiger partial charge >= 0.3 is 0 Å². The van der Waals surface area contributed by atoms with Crippen molar-refractivity contribution < 1.29 is 9.90 Å². The van der Waals surface area contributed by atoms with Crippen LogP contribution in [0, 0.1) is 6.92 Å². The second-order valence-corrected chi connectivity index (χ2v) is 3.84. The Hall–Kier alpha value is -1.02. The maximum Gasteiger partial charge on any atom is 0.137 e. The maximum absolute atomic E-state index is 10.4. The lowest BCUT2D eigenvalue weighted by molar-refractivity contribution is -0.108. The van der Waals surface area contributed by atoms with E-state index in [1.165, 1.54) is 0 Å². The summed E-state index contributed by atoms with van der Waals surface area (Å²) in [6.45, 7) is 3.79. The third-order valence-corrected chi connectivity index (χ3v) is 2.63. The molecule has 0 fully saturated rings. The zero-order valence-corrected chi connectivity index (χ0v) is 9.01. The van der Waals surface area contributed by atoms with Crippen molar-refractivity contribution in [1.82, 2.24) is 0 Å². The van der Waals surface area contributed by atoms with Crippen LogP contribution in [0.2, 0.25) is 5.02 Å². The molecule has 1 unspecified atom stereocenters. The second-order valence-electron chi connectivity index (χ2n) is 3.43. The van der Waals surface area contributed by atoms with Gasteiger partial charge in [-0.2, -0.15) is 0 Å². The molecule has 0 saturated carbocycles. The number of hydrogen-bond donors (Lipinski definition) is 1. The fourth-order valence-corrected chi connectivity index (χ4v) is 1.73. The molecule has 2 nitrogen and oxygen atoms in total. The molecule has 0 amide bonds. The Morgan fingerprint density at radius 3 is 2.79 bits per heavy atom. The van der Waals surface area contributed by atoms with E-state index in [2.05, 4.69) is 0 Å². The molecule has 0 aliphatic rings. The van der Waals surface area contributed by atoms with Crippen LogP contribution in [0.1, 0.15) is 30.4 Å². The average molecular weight is 213 g/mol. The van der Waals surface area contributed by atoms with E-state index in [9.17, 15) is 9.90 Å². The number of aldehydes is 1. The molecule has 3 heteroatoms. The summed E-state index contributed by atoms with van der Waals surface area (Å²) in [4.78, 5) is 10.4. The van der Waals surface area contributed by atoms with Gasteiger partial charge in [-0.1, -0.05) is 24.6 Å². The van der Waals surface area contributed by atoms with Crippen LogP contribution in [0.4, 0.5) is 0 Å². The molecule has 76 valence electrons. The van der Waals surface area contributed by atoms with Crippen molar-refractivity contribution in [2.45, 2.75) is 26.2 Å². The van der Waals surface area contributed by atoms with E-state index in [0.29, 0.717) is 11.4 Å². The molecule has 1 aromatic rings. The summed E-state index contributed by atoms with van der Waals surface area (Å²) in [5.41, 5.74) is 1.73. The second kappa shape index (κ2) is 4.47. The third-order valence-electron chi connectivity index (χ3n) is 2.33. The molecular weight excluding hydrogens is 200 g/mol. The lowest BCUT2D eigenvalue weighted by atomic mass is 9.93. The van der Waals surface area contributed by atoms with Crippen molar-refractivity contribution in [2.75, 3.05) is 0 Å². The van der Waals surface area contributed by atoms with Gasteiger partial charge in [-0.3, -0.25) is 0 Å². The monoisotopic (exact) mass is 212 g/mol. The number of carbonyl (C=O) groups is 1. The van der Waals surface area contributed by atoms with E-state index in [0.717, 1.165) is 17.4 Å². The largest absolute Gasteiger partial charge is 0.506 e. The predicted molar refractivity (Wildman–Crippen MR) is 56.9 cm³/mol. The number of rotatable bonds is 3. The summed E-state index contributed by atoms with van der Waals surface area (Å²) < 4.78 is 0. The molecule has 0 aliphatic carbocycles. The molecule has 0 saturated heterocycles. The van der Waals surface area contributed by atoms with Crippen LogP contribution in [-0.4, -0.2) is 11.4 Å². The van der Waals surface area contributed by atoms with Crippen LogP contribution in [0.3, 0.4) is 0 Å². The molecule has 1 rings (SSSR count). The van der Waals surface area contributed by atoms with Crippen molar-refractivity contribution in [3.8, 4) is 5.75 Å². The van der Waals surface area contributed by atoms with Crippen molar-refractivity contribution in [1.29, 1.82) is 0 Å². The Balaban J connectivity index is 3.17. The van der Waals surface area contributed by atoms with Crippen molar-refractivity contribution in [2.24, 2.45) is 0 Å². The third kappa shape index (κ3) is 2.07. The van der Waals surface area contributed by atoms with E-state index in [1.54, 1.807) is 6.07 Å². The Bertz CT molecular complexity index is 347. The summed E-state index contributed by atoms with van der Waals surface area (Å²) in [6, 6.07) is 3.50. The number of aryl methyl sites for hydroxylation is 1. The molecule has 0 radical (unpaired) electrons. The first-order valence-corrected chi connectivity index (χ1v) is 4.87. The Morgan fingerprint density at radius 2 is 2.21 bits per heavy atom. The van der Waals surface area contributed by atoms with Crippen molar-refractivity contribution in [3.63, 3.8) is 0 Å². The molecule has 0 bridgehead atoms. The lowest BCUT2D eigenvalue weighted by Gasteiger charge is -2.14. The average Bonchev–Trinajstić information content (AvgIpc) is 2.13. The van der Waals surface area contributed by atoms with Gasteiger partial charge in [0, 0.05) is 12.0 Å². The van der Waals surface area contributed by atoms with Crippen LogP contribution >= 0.6 is 11.6 Å². The molecule has 1 N–H and O–H groups in total. The number of phenols is 1. The summed E-state index contributed by atoms with van der Waals surface area (Å²) in [5.74, 6) is 0.104. The van der Waals surface area contributed by atoms with Gasteiger partial charge in [-0.05, 0) is 24.5 Å². The first-order valence-electron chi connectivity index (χ1n) is 4.49. The fraction of sp³-hybridized carbons (Fsp3) is 0.364. The highest BCUT2D eigenvalue weighted by molar-refractivity contribution is 6.32. The van der Waals surface area contributed by atoms with Gasteiger partial charge in [0.1, 0.15) is 12.0 Å². The van der Waals surface area contributed by atoms with Crippen LogP contribution in [0.25, 0.3) is 0 Å². The van der Waals surface area contributed by atoms with Crippen molar-refractivity contribution in [3.05, 3.63) is 28.3 Å². The van der Waals surface area contributed by atoms with Crippen LogP contribution < -0.4 is 0 Å². The highest BCUT2D eigenvalue weighted by Crippen LogP contribution is 2.35. The first kappa shape index (κ1) is 11.1. The summed E-state index contributed by atoms with van der Waals surface area (Å²) in [7, 11) is 0. The number of aromatic hydroxyl groups is 1. The molecule has 1 aromatic carbocycles. The minimum Gasteiger partial charge on any atom is -0.506 e. The molecule has 14 heavy (non-hydrogen) atoms. The fourth-order valence-electron chi connectivity index (χ4n) is 1.57. The molecule has 0 aliphatic heterocycles. The Morgan fingerprint density at radius 1 is 1.57 bits per heavy atom. The minimum absolute atomic E-state index is 0.00574. The zero-order chi connectivity index (χ0) is 10.7. The summed E-state index contributed by atoms with van der Waals surface area (Å²) in [6.07, 6.45) is 1.25. The molecule has 0 aromatic heterocycles. The summed E-state index contributed by atoms with van der Waals surface area (Å²) in [5, 5.41) is 10.1. The van der Waals surface area contributed by atoms with Gasteiger partial charge < -0.3 is 9.90 Å². The van der Waals surface area contributed by atoms with Gasteiger partial charge in [0.15, 0.2) is 0 Å². The quantitative estimate of drug-likeness (QED) is 0.782. The molecule has 1 atom stereocenters. The van der Waals surface area contributed by atoms with Gasteiger partial charge in [0.2, 0.25) is 0 Å². The topological polar surface area (TPSA) is 37.3 Å². The normalized spacial score (nSPS) is 12.5. The molecule has 0 heterocycles. The number of hydrogen-bond acceptors (Lipinski definition) is 2. The molecule has 0 spiro atoms. The van der Waals surface area contributed by atoms with Crippen molar-refractivity contribution >= 4 is 17.9 Å². The van der Waals surface area contributed by atoms with E-state index in [4.69, 9.17) is 11.6 Å². The van der Waals surface area contributed by atoms with Gasteiger partial charge in [-0.25, -0.2) is 0 Å². The van der Waals surface area contributed by atoms with Crippen LogP contribution in [0.15, 0.2) is 12.1 Å². The minimum atomic E-state index is 0.00574. The van der Waals surface area contributed by atoms with Gasteiger partial charge in [-0.15, -0.1) is 0 Å². The molecular formula is C11H13ClO2. The predicted octanol–water partition coefficient (Wildman–Crippen LogP) is 3.05. The highest BCUT2D eigenvalue weighted by Gasteiger charge is 2.15. The highest BCUT2D eigenvalue weighted by atomic mass is 35.5. The lowest BCUT2D eigenvalue weighted by Crippen LogP contribution is -1.98. The maximum atomic E-state index is 10.4. The zero-order valence-electron chi connectivity index (χ0n) is 8.25. The Kier molecular flexibility index (Phi) is 3.53. The van der Waals surface area contributed by atoms with Gasteiger partial charge in [0.05, 0.1) is 5.02 Å². The van der Waals surface area contributed by atoms with Gasteiger partial charge in [0.25, 0.3) is 0 Å². The number of halogens is 1. The van der Waals surface area contributed by atoms with E-state index >= 15 is 0 Å². The summed E-state index contributed by atoms with van der Waals surface area (Å²) >= 11 is 5.79.